The van der Waals surface area contributed by atoms with Crippen LogP contribution in [0.15, 0.2) is 48.5 Å². The van der Waals surface area contributed by atoms with Crippen molar-refractivity contribution >= 4 is 5.91 Å². The predicted molar refractivity (Wildman–Crippen MR) is 106 cm³/mol. The minimum Gasteiger partial charge on any atom is -0.494 e. The van der Waals surface area contributed by atoms with Gasteiger partial charge in [0.05, 0.1) is 6.61 Å². The molecular formula is C22H30N2O2. The van der Waals surface area contributed by atoms with E-state index >= 15 is 0 Å². The van der Waals surface area contributed by atoms with Crippen molar-refractivity contribution in [2.45, 2.75) is 46.8 Å². The lowest BCUT2D eigenvalue weighted by Gasteiger charge is -2.24. The lowest BCUT2D eigenvalue weighted by Crippen LogP contribution is -2.30. The molecule has 1 amide bonds. The van der Waals surface area contributed by atoms with Gasteiger partial charge in [-0.05, 0) is 62.7 Å². The molecule has 0 fully saturated rings. The van der Waals surface area contributed by atoms with Crippen molar-refractivity contribution < 1.29 is 9.53 Å². The van der Waals surface area contributed by atoms with Crippen molar-refractivity contribution in [1.29, 1.82) is 0 Å². The summed E-state index contributed by atoms with van der Waals surface area (Å²) in [6, 6.07) is 16.2. The van der Waals surface area contributed by atoms with Crippen LogP contribution in [0.2, 0.25) is 0 Å². The Bertz CT molecular complexity index is 696. The Morgan fingerprint density at radius 1 is 1.08 bits per heavy atom. The second-order valence-corrected chi connectivity index (χ2v) is 6.62. The van der Waals surface area contributed by atoms with E-state index in [-0.39, 0.29) is 5.91 Å². The largest absolute Gasteiger partial charge is 0.494 e. The number of carbonyl (C=O) groups is 1. The van der Waals surface area contributed by atoms with E-state index in [2.05, 4.69) is 31.0 Å². The molecule has 0 bridgehead atoms. The maximum atomic E-state index is 12.4. The topological polar surface area (TPSA) is 41.6 Å². The molecule has 0 atom stereocenters. The number of benzene rings is 2. The summed E-state index contributed by atoms with van der Waals surface area (Å²) in [6.07, 6.45) is 0. The average molecular weight is 354 g/mol. The quantitative estimate of drug-likeness (QED) is 0.732. The molecule has 4 nitrogen and oxygen atoms in total. The molecule has 0 saturated carbocycles. The fourth-order valence-corrected chi connectivity index (χ4v) is 2.85. The summed E-state index contributed by atoms with van der Waals surface area (Å²) in [5.41, 5.74) is 2.93. The van der Waals surface area contributed by atoms with Crippen LogP contribution in [-0.4, -0.2) is 30.0 Å². The van der Waals surface area contributed by atoms with Gasteiger partial charge in [-0.15, -0.1) is 0 Å². The van der Waals surface area contributed by atoms with Crippen molar-refractivity contribution in [2.75, 3.05) is 13.2 Å². The highest BCUT2D eigenvalue weighted by Crippen LogP contribution is 2.14. The van der Waals surface area contributed by atoms with Crippen LogP contribution in [0.3, 0.4) is 0 Å². The van der Waals surface area contributed by atoms with E-state index in [9.17, 15) is 4.79 Å². The molecular weight excluding hydrogens is 324 g/mol. The van der Waals surface area contributed by atoms with E-state index in [1.54, 1.807) is 0 Å². The van der Waals surface area contributed by atoms with Crippen LogP contribution in [0.1, 0.15) is 49.2 Å². The summed E-state index contributed by atoms with van der Waals surface area (Å²) in [5, 5.41) is 2.97. The van der Waals surface area contributed by atoms with Gasteiger partial charge in [-0.2, -0.15) is 0 Å². The van der Waals surface area contributed by atoms with Gasteiger partial charge in [-0.3, -0.25) is 9.69 Å². The van der Waals surface area contributed by atoms with Gasteiger partial charge in [0.25, 0.3) is 5.91 Å². The van der Waals surface area contributed by atoms with Gasteiger partial charge in [0.2, 0.25) is 0 Å². The summed E-state index contributed by atoms with van der Waals surface area (Å²) in [6.45, 7) is 11.6. The highest BCUT2D eigenvalue weighted by atomic mass is 16.5. The Kier molecular flexibility index (Phi) is 7.67. The molecule has 2 aromatic carbocycles. The van der Waals surface area contributed by atoms with Crippen molar-refractivity contribution in [3.63, 3.8) is 0 Å². The van der Waals surface area contributed by atoms with Gasteiger partial charge in [-0.1, -0.05) is 31.2 Å². The number of hydrogen-bond acceptors (Lipinski definition) is 3. The molecule has 0 spiro atoms. The average Bonchev–Trinajstić information content (AvgIpc) is 2.65. The van der Waals surface area contributed by atoms with E-state index in [0.717, 1.165) is 24.4 Å². The van der Waals surface area contributed by atoms with Crippen molar-refractivity contribution in [2.24, 2.45) is 0 Å². The number of amides is 1. The first-order chi connectivity index (χ1) is 12.5. The molecule has 0 aromatic heterocycles. The lowest BCUT2D eigenvalue weighted by molar-refractivity contribution is 0.0951. The highest BCUT2D eigenvalue weighted by Gasteiger charge is 2.09. The minimum absolute atomic E-state index is 0.0606. The number of carbonyl (C=O) groups excluding carboxylic acids is 1. The monoisotopic (exact) mass is 354 g/mol. The predicted octanol–water partition coefficient (Wildman–Crippen LogP) is 4.25. The van der Waals surface area contributed by atoms with Crippen molar-refractivity contribution in [1.82, 2.24) is 10.2 Å². The molecule has 0 aliphatic heterocycles. The van der Waals surface area contributed by atoms with Crippen LogP contribution >= 0.6 is 0 Å². The third kappa shape index (κ3) is 5.88. The molecule has 0 heterocycles. The fourth-order valence-electron chi connectivity index (χ4n) is 2.85. The third-order valence-electron chi connectivity index (χ3n) is 4.40. The summed E-state index contributed by atoms with van der Waals surface area (Å²) in [5.74, 6) is 0.767. The molecule has 26 heavy (non-hydrogen) atoms. The van der Waals surface area contributed by atoms with Gasteiger partial charge < -0.3 is 10.1 Å². The highest BCUT2D eigenvalue weighted by molar-refractivity contribution is 5.94. The van der Waals surface area contributed by atoms with E-state index < -0.39 is 0 Å². The number of nitrogens with zero attached hydrogens (tertiary/aromatic N) is 1. The van der Waals surface area contributed by atoms with Gasteiger partial charge in [0.1, 0.15) is 5.75 Å². The third-order valence-corrected chi connectivity index (χ3v) is 4.40. The number of nitrogens with one attached hydrogen (secondary N) is 1. The Morgan fingerprint density at radius 3 is 2.42 bits per heavy atom. The van der Waals surface area contributed by atoms with Crippen molar-refractivity contribution in [3.05, 3.63) is 65.2 Å². The van der Waals surface area contributed by atoms with Crippen LogP contribution in [0.5, 0.6) is 5.75 Å². The number of rotatable bonds is 9. The fraction of sp³-hybridized carbons (Fsp3) is 0.409. The van der Waals surface area contributed by atoms with Crippen LogP contribution in [0, 0.1) is 0 Å². The second kappa shape index (κ2) is 9.97. The Balaban J connectivity index is 1.92. The van der Waals surface area contributed by atoms with Gasteiger partial charge in [-0.25, -0.2) is 0 Å². The normalized spacial score (nSPS) is 11.0. The molecule has 1 N–H and O–H groups in total. The molecule has 2 aromatic rings. The zero-order valence-electron chi connectivity index (χ0n) is 16.3. The summed E-state index contributed by atoms with van der Waals surface area (Å²) in [7, 11) is 0. The second-order valence-electron chi connectivity index (χ2n) is 6.62. The molecule has 0 saturated heterocycles. The molecule has 0 radical (unpaired) electrons. The summed E-state index contributed by atoms with van der Waals surface area (Å²) >= 11 is 0. The minimum atomic E-state index is -0.0606. The summed E-state index contributed by atoms with van der Waals surface area (Å²) < 4.78 is 5.49. The smallest absolute Gasteiger partial charge is 0.251 e. The summed E-state index contributed by atoms with van der Waals surface area (Å²) in [4.78, 5) is 14.8. The lowest BCUT2D eigenvalue weighted by atomic mass is 10.1. The molecule has 4 heteroatoms. The van der Waals surface area contributed by atoms with Gasteiger partial charge in [0, 0.05) is 24.7 Å². The Morgan fingerprint density at radius 2 is 1.81 bits per heavy atom. The Labute approximate surface area is 157 Å². The molecule has 0 unspecified atom stereocenters. The maximum Gasteiger partial charge on any atom is 0.251 e. The van der Waals surface area contributed by atoms with Gasteiger partial charge in [0.15, 0.2) is 0 Å². The van der Waals surface area contributed by atoms with Crippen molar-refractivity contribution in [3.8, 4) is 5.75 Å². The van der Waals surface area contributed by atoms with Crippen LogP contribution in [0.4, 0.5) is 0 Å². The van der Waals surface area contributed by atoms with E-state index in [0.29, 0.717) is 24.8 Å². The van der Waals surface area contributed by atoms with Crippen LogP contribution in [-0.2, 0) is 13.1 Å². The SMILES string of the molecule is CCOc1cccc(CNC(=O)c2ccc(CN(CC)C(C)C)cc2)c1. The number of ether oxygens (including phenoxy) is 1. The first-order valence-corrected chi connectivity index (χ1v) is 9.36. The number of hydrogen-bond donors (Lipinski definition) is 1. The molecule has 2 rings (SSSR count). The van der Waals surface area contributed by atoms with E-state index in [4.69, 9.17) is 4.74 Å². The first-order valence-electron chi connectivity index (χ1n) is 9.36. The Hall–Kier alpha value is -2.33. The molecule has 0 aliphatic carbocycles. The molecule has 140 valence electrons. The molecule has 0 aliphatic rings. The van der Waals surface area contributed by atoms with Gasteiger partial charge >= 0.3 is 0 Å². The van der Waals surface area contributed by atoms with E-state index in [1.807, 2.05) is 55.5 Å². The van der Waals surface area contributed by atoms with E-state index in [1.165, 1.54) is 5.56 Å². The van der Waals surface area contributed by atoms with Crippen LogP contribution in [0.25, 0.3) is 0 Å². The zero-order chi connectivity index (χ0) is 18.9. The maximum absolute atomic E-state index is 12.4. The van der Waals surface area contributed by atoms with Crippen LogP contribution < -0.4 is 10.1 Å². The first kappa shape index (κ1) is 20.0. The standard InChI is InChI=1S/C22H30N2O2/c1-5-24(17(3)4)16-18-10-12-20(13-11-18)22(25)23-15-19-8-7-9-21(14-19)26-6-2/h7-14,17H,5-6,15-16H2,1-4H3,(H,23,25). The zero-order valence-corrected chi connectivity index (χ0v) is 16.3.